The van der Waals surface area contributed by atoms with Crippen LogP contribution >= 0.6 is 11.8 Å². The molecule has 0 saturated carbocycles. The molecule has 1 saturated heterocycles. The molecule has 1 heterocycles. The van der Waals surface area contributed by atoms with Gasteiger partial charge in [0.1, 0.15) is 5.54 Å². The van der Waals surface area contributed by atoms with Crippen molar-refractivity contribution in [3.05, 3.63) is 0 Å². The fourth-order valence-corrected chi connectivity index (χ4v) is 3.57. The van der Waals surface area contributed by atoms with Gasteiger partial charge in [-0.1, -0.05) is 13.8 Å². The molecular weight excluding hydrogens is 226 g/mol. The fourth-order valence-electron chi connectivity index (χ4n) is 2.14. The Morgan fingerprint density at radius 2 is 2.19 bits per heavy atom. The van der Waals surface area contributed by atoms with E-state index in [-0.39, 0.29) is 5.41 Å². The van der Waals surface area contributed by atoms with Gasteiger partial charge in [0, 0.05) is 19.4 Å². The Morgan fingerprint density at radius 1 is 1.50 bits per heavy atom. The van der Waals surface area contributed by atoms with Crippen LogP contribution in [0.25, 0.3) is 0 Å². The number of aliphatic carboxylic acids is 1. The minimum atomic E-state index is -0.787. The Bertz CT molecular complexity index is 258. The van der Waals surface area contributed by atoms with Crippen LogP contribution in [0.3, 0.4) is 0 Å². The summed E-state index contributed by atoms with van der Waals surface area (Å²) in [6.45, 7) is 5.36. The number of hydrogen-bond donors (Lipinski definition) is 2. The molecule has 0 radical (unpaired) electrons. The predicted molar refractivity (Wildman–Crippen MR) is 66.0 cm³/mol. The summed E-state index contributed by atoms with van der Waals surface area (Å²) in [7, 11) is 1.62. The molecule has 0 amide bonds. The van der Waals surface area contributed by atoms with Crippen LogP contribution in [-0.4, -0.2) is 48.4 Å². The quantitative estimate of drug-likeness (QED) is 0.715. The maximum Gasteiger partial charge on any atom is 0.324 e. The van der Waals surface area contributed by atoms with Crippen molar-refractivity contribution in [3.8, 4) is 0 Å². The highest BCUT2D eigenvalue weighted by Crippen LogP contribution is 2.39. The van der Waals surface area contributed by atoms with E-state index in [1.807, 2.05) is 0 Å². The standard InChI is InChI=1S/C11H21NO3S/c1-10(2)6-11(9(13)14,8-16-7-10)12-4-5-15-3/h12H,4-8H2,1-3H3,(H,13,14). The average Bonchev–Trinajstić information content (AvgIpc) is 2.16. The highest BCUT2D eigenvalue weighted by molar-refractivity contribution is 7.99. The van der Waals surface area contributed by atoms with E-state index in [1.165, 1.54) is 0 Å². The van der Waals surface area contributed by atoms with Crippen molar-refractivity contribution in [2.75, 3.05) is 31.8 Å². The second-order valence-electron chi connectivity index (χ2n) is 5.14. The summed E-state index contributed by atoms with van der Waals surface area (Å²) < 4.78 is 4.95. The van der Waals surface area contributed by atoms with Crippen molar-refractivity contribution in [3.63, 3.8) is 0 Å². The molecule has 0 aliphatic carbocycles. The van der Waals surface area contributed by atoms with Gasteiger partial charge in [-0.15, -0.1) is 0 Å². The molecule has 5 heteroatoms. The second kappa shape index (κ2) is 5.38. The molecule has 16 heavy (non-hydrogen) atoms. The lowest BCUT2D eigenvalue weighted by molar-refractivity contribution is -0.145. The molecule has 2 N–H and O–H groups in total. The van der Waals surface area contributed by atoms with Crippen molar-refractivity contribution in [2.24, 2.45) is 5.41 Å². The van der Waals surface area contributed by atoms with Gasteiger partial charge in [-0.05, 0) is 17.6 Å². The Morgan fingerprint density at radius 3 is 2.69 bits per heavy atom. The lowest BCUT2D eigenvalue weighted by Gasteiger charge is -2.42. The summed E-state index contributed by atoms with van der Waals surface area (Å²) >= 11 is 1.71. The van der Waals surface area contributed by atoms with E-state index in [0.29, 0.717) is 25.3 Å². The molecule has 0 spiro atoms. The lowest BCUT2D eigenvalue weighted by Crippen LogP contribution is -2.59. The number of nitrogens with one attached hydrogen (secondary N) is 1. The van der Waals surface area contributed by atoms with E-state index in [2.05, 4.69) is 19.2 Å². The van der Waals surface area contributed by atoms with Crippen molar-refractivity contribution in [1.29, 1.82) is 0 Å². The third kappa shape index (κ3) is 3.37. The first kappa shape index (κ1) is 13.8. The van der Waals surface area contributed by atoms with Crippen LogP contribution in [0.2, 0.25) is 0 Å². The molecular formula is C11H21NO3S. The Hall–Kier alpha value is -0.260. The maximum atomic E-state index is 11.4. The van der Waals surface area contributed by atoms with Gasteiger partial charge in [0.25, 0.3) is 0 Å². The molecule has 1 aliphatic heterocycles. The molecule has 4 nitrogen and oxygen atoms in total. The molecule has 1 atom stereocenters. The van der Waals surface area contributed by atoms with Gasteiger partial charge in [0.05, 0.1) is 6.61 Å². The minimum absolute atomic E-state index is 0.0708. The van der Waals surface area contributed by atoms with Gasteiger partial charge in [-0.3, -0.25) is 10.1 Å². The van der Waals surface area contributed by atoms with Crippen LogP contribution in [0, 0.1) is 5.41 Å². The first-order valence-corrected chi connectivity index (χ1v) is 6.62. The summed E-state index contributed by atoms with van der Waals surface area (Å²) in [6.07, 6.45) is 0.673. The molecule has 0 aromatic carbocycles. The van der Waals surface area contributed by atoms with Crippen LogP contribution in [-0.2, 0) is 9.53 Å². The van der Waals surface area contributed by atoms with Crippen LogP contribution < -0.4 is 5.32 Å². The summed E-state index contributed by atoms with van der Waals surface area (Å²) in [6, 6.07) is 0. The van der Waals surface area contributed by atoms with E-state index >= 15 is 0 Å². The zero-order valence-electron chi connectivity index (χ0n) is 10.2. The Kier molecular flexibility index (Phi) is 4.64. The molecule has 0 bridgehead atoms. The maximum absolute atomic E-state index is 11.4. The molecule has 1 rings (SSSR count). The zero-order chi connectivity index (χ0) is 12.2. The summed E-state index contributed by atoms with van der Waals surface area (Å²) in [4.78, 5) is 11.4. The third-order valence-corrected chi connectivity index (χ3v) is 4.48. The number of rotatable bonds is 5. The van der Waals surface area contributed by atoms with Crippen molar-refractivity contribution < 1.29 is 14.6 Å². The monoisotopic (exact) mass is 247 g/mol. The van der Waals surface area contributed by atoms with Crippen LogP contribution in [0.15, 0.2) is 0 Å². The molecule has 1 aliphatic rings. The van der Waals surface area contributed by atoms with E-state index < -0.39 is 11.5 Å². The number of carbonyl (C=O) groups is 1. The number of ether oxygens (including phenoxy) is 1. The molecule has 0 aromatic rings. The number of thioether (sulfide) groups is 1. The number of methoxy groups -OCH3 is 1. The molecule has 0 aromatic heterocycles. The van der Waals surface area contributed by atoms with Crippen LogP contribution in [0.1, 0.15) is 20.3 Å². The second-order valence-corrected chi connectivity index (χ2v) is 6.13. The summed E-state index contributed by atoms with van der Waals surface area (Å²) in [5.41, 5.74) is -0.716. The van der Waals surface area contributed by atoms with Gasteiger partial charge >= 0.3 is 5.97 Å². The zero-order valence-corrected chi connectivity index (χ0v) is 11.0. The first-order chi connectivity index (χ1) is 7.42. The topological polar surface area (TPSA) is 58.6 Å². The molecule has 1 fully saturated rings. The number of carboxylic acids is 1. The summed E-state index contributed by atoms with van der Waals surface area (Å²) in [5.74, 6) is 0.910. The SMILES string of the molecule is COCCNC1(C(=O)O)CSCC(C)(C)C1. The van der Waals surface area contributed by atoms with Gasteiger partial charge in [-0.25, -0.2) is 0 Å². The highest BCUT2D eigenvalue weighted by Gasteiger charge is 2.45. The number of carboxylic acid groups (broad SMARTS) is 1. The van der Waals surface area contributed by atoms with E-state index in [1.54, 1.807) is 18.9 Å². The Labute approximate surface area is 101 Å². The van der Waals surface area contributed by atoms with Gasteiger partial charge in [0.2, 0.25) is 0 Å². The summed E-state index contributed by atoms with van der Waals surface area (Å²) in [5, 5.41) is 12.5. The minimum Gasteiger partial charge on any atom is -0.480 e. The molecule has 1 unspecified atom stereocenters. The third-order valence-electron chi connectivity index (χ3n) is 2.80. The van der Waals surface area contributed by atoms with Gasteiger partial charge in [0.15, 0.2) is 0 Å². The van der Waals surface area contributed by atoms with Gasteiger partial charge < -0.3 is 9.84 Å². The smallest absolute Gasteiger partial charge is 0.324 e. The predicted octanol–water partition coefficient (Wildman–Crippen LogP) is 1.21. The number of hydrogen-bond acceptors (Lipinski definition) is 4. The first-order valence-electron chi connectivity index (χ1n) is 5.47. The average molecular weight is 247 g/mol. The van der Waals surface area contributed by atoms with Crippen LogP contribution in [0.5, 0.6) is 0 Å². The van der Waals surface area contributed by atoms with Crippen molar-refractivity contribution in [1.82, 2.24) is 5.32 Å². The normalized spacial score (nSPS) is 28.9. The lowest BCUT2D eigenvalue weighted by atomic mass is 9.80. The fraction of sp³-hybridized carbons (Fsp3) is 0.909. The molecule has 94 valence electrons. The Balaban J connectivity index is 2.68. The van der Waals surface area contributed by atoms with E-state index in [9.17, 15) is 9.90 Å². The van der Waals surface area contributed by atoms with Crippen molar-refractivity contribution in [2.45, 2.75) is 25.8 Å². The van der Waals surface area contributed by atoms with Crippen LogP contribution in [0.4, 0.5) is 0 Å². The van der Waals surface area contributed by atoms with Crippen molar-refractivity contribution >= 4 is 17.7 Å². The highest BCUT2D eigenvalue weighted by atomic mass is 32.2. The largest absolute Gasteiger partial charge is 0.480 e. The van der Waals surface area contributed by atoms with E-state index in [4.69, 9.17) is 4.74 Å². The van der Waals surface area contributed by atoms with Gasteiger partial charge in [-0.2, -0.15) is 11.8 Å². The van der Waals surface area contributed by atoms with E-state index in [0.717, 1.165) is 5.75 Å².